The number of nitrogens with zero attached hydrogens (tertiary/aromatic N) is 6. The summed E-state index contributed by atoms with van der Waals surface area (Å²) >= 11 is 0. The minimum absolute atomic E-state index is 0.0847. The first-order valence-electron chi connectivity index (χ1n) is 12.0. The number of hydrogen-bond donors (Lipinski definition) is 0. The van der Waals surface area contributed by atoms with Crippen molar-refractivity contribution in [2.24, 2.45) is 0 Å². The van der Waals surface area contributed by atoms with Gasteiger partial charge in [0.1, 0.15) is 0 Å². The molecule has 1 amide bonds. The van der Waals surface area contributed by atoms with E-state index in [1.54, 1.807) is 0 Å². The lowest BCUT2D eigenvalue weighted by atomic mass is 10.1. The van der Waals surface area contributed by atoms with E-state index in [-0.39, 0.29) is 5.91 Å². The standard InChI is InChI=1S/C28H26N6O/c1-20-9-7-12-22(19-20)27(35)32-15-8-16-33(18-17-32)28-29-24-14-6-5-13-23(24)26-31-30-25(34(26)28)21-10-3-2-4-11-21/h2-7,9-14,19H,8,15-18H2,1H3. The molecule has 1 saturated heterocycles. The molecule has 0 saturated carbocycles. The third-order valence-corrected chi connectivity index (χ3v) is 6.59. The van der Waals surface area contributed by atoms with Crippen LogP contribution in [0.1, 0.15) is 22.3 Å². The van der Waals surface area contributed by atoms with E-state index >= 15 is 0 Å². The summed E-state index contributed by atoms with van der Waals surface area (Å²) in [6, 6.07) is 26.0. The van der Waals surface area contributed by atoms with Gasteiger partial charge in [0.05, 0.1) is 5.52 Å². The Labute approximate surface area is 203 Å². The smallest absolute Gasteiger partial charge is 0.253 e. The van der Waals surface area contributed by atoms with Crippen molar-refractivity contribution in [1.82, 2.24) is 24.5 Å². The van der Waals surface area contributed by atoms with Gasteiger partial charge >= 0.3 is 0 Å². The van der Waals surface area contributed by atoms with Crippen LogP contribution in [0, 0.1) is 6.92 Å². The zero-order valence-electron chi connectivity index (χ0n) is 19.6. The van der Waals surface area contributed by atoms with Gasteiger partial charge in [-0.15, -0.1) is 10.2 Å². The van der Waals surface area contributed by atoms with Crippen LogP contribution in [-0.2, 0) is 0 Å². The van der Waals surface area contributed by atoms with Gasteiger partial charge < -0.3 is 9.80 Å². The number of anilines is 1. The predicted molar refractivity (Wildman–Crippen MR) is 138 cm³/mol. The number of benzene rings is 3. The summed E-state index contributed by atoms with van der Waals surface area (Å²) in [5, 5.41) is 10.1. The number of para-hydroxylation sites is 1. The maximum Gasteiger partial charge on any atom is 0.253 e. The summed E-state index contributed by atoms with van der Waals surface area (Å²) in [4.78, 5) is 22.5. The fourth-order valence-electron chi connectivity index (χ4n) is 4.83. The van der Waals surface area contributed by atoms with Gasteiger partial charge in [0.15, 0.2) is 11.5 Å². The summed E-state index contributed by atoms with van der Waals surface area (Å²) in [6.07, 6.45) is 0.857. The van der Waals surface area contributed by atoms with Crippen molar-refractivity contribution in [3.63, 3.8) is 0 Å². The first kappa shape index (κ1) is 21.3. The van der Waals surface area contributed by atoms with Crippen molar-refractivity contribution in [3.8, 4) is 11.4 Å². The highest BCUT2D eigenvalue weighted by molar-refractivity contribution is 5.95. The van der Waals surface area contributed by atoms with Crippen molar-refractivity contribution in [3.05, 3.63) is 90.0 Å². The molecule has 7 nitrogen and oxygen atoms in total. The van der Waals surface area contributed by atoms with Crippen LogP contribution < -0.4 is 4.90 Å². The lowest BCUT2D eigenvalue weighted by molar-refractivity contribution is 0.0767. The first-order chi connectivity index (χ1) is 17.2. The van der Waals surface area contributed by atoms with E-state index in [9.17, 15) is 4.79 Å². The zero-order valence-corrected chi connectivity index (χ0v) is 19.6. The fourth-order valence-corrected chi connectivity index (χ4v) is 4.83. The van der Waals surface area contributed by atoms with E-state index in [1.807, 2.05) is 90.7 Å². The number of aromatic nitrogens is 4. The molecular formula is C28H26N6O. The number of carbonyl (C=O) groups is 1. The van der Waals surface area contributed by atoms with Gasteiger partial charge in [-0.05, 0) is 37.6 Å². The molecule has 5 aromatic rings. The van der Waals surface area contributed by atoms with E-state index in [2.05, 4.69) is 19.5 Å². The highest BCUT2D eigenvalue weighted by Crippen LogP contribution is 2.29. The van der Waals surface area contributed by atoms with Crippen LogP contribution in [0.2, 0.25) is 0 Å². The van der Waals surface area contributed by atoms with Gasteiger partial charge in [0, 0.05) is 42.7 Å². The Morgan fingerprint density at radius 1 is 0.829 bits per heavy atom. The van der Waals surface area contributed by atoms with E-state index in [1.165, 1.54) is 0 Å². The molecule has 3 heterocycles. The number of hydrogen-bond acceptors (Lipinski definition) is 5. The molecule has 7 heteroatoms. The van der Waals surface area contributed by atoms with Crippen LogP contribution >= 0.6 is 0 Å². The summed E-state index contributed by atoms with van der Waals surface area (Å²) in [5.74, 6) is 1.67. The quantitative estimate of drug-likeness (QED) is 0.392. The lowest BCUT2D eigenvalue weighted by Crippen LogP contribution is -2.36. The van der Waals surface area contributed by atoms with Gasteiger partial charge in [-0.3, -0.25) is 4.79 Å². The minimum Gasteiger partial charge on any atom is -0.340 e. The third kappa shape index (κ3) is 3.89. The van der Waals surface area contributed by atoms with E-state index in [0.717, 1.165) is 58.0 Å². The van der Waals surface area contributed by atoms with Crippen LogP contribution in [0.15, 0.2) is 78.9 Å². The lowest BCUT2D eigenvalue weighted by Gasteiger charge is -2.24. The van der Waals surface area contributed by atoms with Gasteiger partial charge in [-0.2, -0.15) is 0 Å². The average molecular weight is 463 g/mol. The Bertz CT molecular complexity index is 1530. The Kier molecular flexibility index (Phi) is 5.37. The van der Waals surface area contributed by atoms with Crippen molar-refractivity contribution >= 4 is 28.4 Å². The maximum atomic E-state index is 13.2. The van der Waals surface area contributed by atoms with Gasteiger partial charge in [0.25, 0.3) is 5.91 Å². The molecule has 6 rings (SSSR count). The van der Waals surface area contributed by atoms with Crippen LogP contribution in [0.4, 0.5) is 5.95 Å². The molecule has 35 heavy (non-hydrogen) atoms. The van der Waals surface area contributed by atoms with E-state index in [0.29, 0.717) is 19.6 Å². The highest BCUT2D eigenvalue weighted by Gasteiger charge is 2.25. The molecule has 0 N–H and O–H groups in total. The highest BCUT2D eigenvalue weighted by atomic mass is 16.2. The zero-order chi connectivity index (χ0) is 23.8. The molecule has 0 radical (unpaired) electrons. The first-order valence-corrected chi connectivity index (χ1v) is 12.0. The second-order valence-corrected chi connectivity index (χ2v) is 8.98. The van der Waals surface area contributed by atoms with Crippen LogP contribution in [-0.4, -0.2) is 56.6 Å². The van der Waals surface area contributed by atoms with Crippen LogP contribution in [0.5, 0.6) is 0 Å². The SMILES string of the molecule is Cc1cccc(C(=O)N2CCCN(c3nc4ccccc4c4nnc(-c5ccccc5)n34)CC2)c1. The summed E-state index contributed by atoms with van der Waals surface area (Å²) in [5.41, 5.74) is 4.51. The molecule has 0 unspecified atom stereocenters. The third-order valence-electron chi connectivity index (χ3n) is 6.59. The molecule has 2 aromatic heterocycles. The minimum atomic E-state index is 0.0847. The van der Waals surface area contributed by atoms with Crippen molar-refractivity contribution in [1.29, 1.82) is 0 Å². The predicted octanol–water partition coefficient (Wildman–Crippen LogP) is 4.61. The fraction of sp³-hybridized carbons (Fsp3) is 0.214. The van der Waals surface area contributed by atoms with Crippen molar-refractivity contribution < 1.29 is 4.79 Å². The number of rotatable bonds is 3. The van der Waals surface area contributed by atoms with E-state index < -0.39 is 0 Å². The van der Waals surface area contributed by atoms with Crippen molar-refractivity contribution in [2.45, 2.75) is 13.3 Å². The molecule has 3 aromatic carbocycles. The van der Waals surface area contributed by atoms with Crippen molar-refractivity contribution in [2.75, 3.05) is 31.1 Å². The van der Waals surface area contributed by atoms with Crippen LogP contribution in [0.3, 0.4) is 0 Å². The molecule has 174 valence electrons. The molecular weight excluding hydrogens is 436 g/mol. The second kappa shape index (κ2) is 8.83. The summed E-state index contributed by atoms with van der Waals surface area (Å²) < 4.78 is 2.07. The maximum absolute atomic E-state index is 13.2. The second-order valence-electron chi connectivity index (χ2n) is 8.98. The number of aryl methyl sites for hydroxylation is 1. The monoisotopic (exact) mass is 462 g/mol. The normalized spacial score (nSPS) is 14.4. The summed E-state index contributed by atoms with van der Waals surface area (Å²) in [6.45, 7) is 4.84. The number of carbonyl (C=O) groups excluding carboxylic acids is 1. The molecule has 1 aliphatic rings. The van der Waals surface area contributed by atoms with Gasteiger partial charge in [-0.25, -0.2) is 9.38 Å². The molecule has 0 bridgehead atoms. The molecule has 0 aliphatic carbocycles. The van der Waals surface area contributed by atoms with Crippen LogP contribution in [0.25, 0.3) is 27.9 Å². The topological polar surface area (TPSA) is 66.6 Å². The Balaban J connectivity index is 1.40. The van der Waals surface area contributed by atoms with Gasteiger partial charge in [0.2, 0.25) is 5.95 Å². The average Bonchev–Trinajstić information content (AvgIpc) is 3.20. The van der Waals surface area contributed by atoms with Gasteiger partial charge in [-0.1, -0.05) is 60.2 Å². The molecule has 1 fully saturated rings. The molecule has 1 aliphatic heterocycles. The Morgan fingerprint density at radius 3 is 2.51 bits per heavy atom. The van der Waals surface area contributed by atoms with E-state index in [4.69, 9.17) is 4.98 Å². The summed E-state index contributed by atoms with van der Waals surface area (Å²) in [7, 11) is 0. The number of fused-ring (bicyclic) bond motifs is 3. The molecule has 0 atom stereocenters. The number of amides is 1. The Hall–Kier alpha value is -4.26. The Morgan fingerprint density at radius 2 is 1.66 bits per heavy atom. The largest absolute Gasteiger partial charge is 0.340 e. The molecule has 0 spiro atoms.